The number of phenolic OH excluding ortho intramolecular Hbond substituents is 1. The molecule has 24 heavy (non-hydrogen) atoms. The minimum Gasteiger partial charge on any atom is -0.506 e. The molecule has 0 saturated heterocycles. The van der Waals surface area contributed by atoms with Crippen LogP contribution in [-0.2, 0) is 0 Å². The number of aryl methyl sites for hydroxylation is 2. The molecule has 0 bridgehead atoms. The van der Waals surface area contributed by atoms with Gasteiger partial charge >= 0.3 is 0 Å². The first kappa shape index (κ1) is 16.0. The van der Waals surface area contributed by atoms with E-state index in [-0.39, 0.29) is 11.6 Å². The molecule has 0 unspecified atom stereocenters. The van der Waals surface area contributed by atoms with Gasteiger partial charge in [-0.1, -0.05) is 17.7 Å². The zero-order valence-corrected chi connectivity index (χ0v) is 13.9. The molecule has 3 aromatic rings. The van der Waals surface area contributed by atoms with Crippen molar-refractivity contribution in [2.45, 2.75) is 13.8 Å². The number of anilines is 1. The number of benzene rings is 2. The van der Waals surface area contributed by atoms with Gasteiger partial charge in [0.2, 0.25) is 5.82 Å². The third-order valence-electron chi connectivity index (χ3n) is 3.44. The smallest absolute Gasteiger partial charge is 0.295 e. The lowest BCUT2D eigenvalue weighted by molar-refractivity contribution is 0.101. The minimum atomic E-state index is -0.494. The van der Waals surface area contributed by atoms with E-state index in [4.69, 9.17) is 11.6 Å². The molecule has 3 rings (SSSR count). The van der Waals surface area contributed by atoms with Gasteiger partial charge in [0.15, 0.2) is 0 Å². The van der Waals surface area contributed by atoms with Gasteiger partial charge in [-0.25, -0.2) is 9.67 Å². The standard InChI is InChI=1S/C17H15ClN4O2/c1-10-3-8-15(23)14(9-10)20-17(24)16-19-11(2)22(21-16)13-6-4-12(18)5-7-13/h3-9,23H,1-2H3,(H,20,24). The van der Waals surface area contributed by atoms with E-state index in [1.54, 1.807) is 48.0 Å². The van der Waals surface area contributed by atoms with Crippen LogP contribution >= 0.6 is 11.6 Å². The molecule has 0 saturated carbocycles. The van der Waals surface area contributed by atoms with Crippen molar-refractivity contribution in [3.05, 3.63) is 64.7 Å². The van der Waals surface area contributed by atoms with E-state index in [0.29, 0.717) is 16.5 Å². The van der Waals surface area contributed by atoms with Crippen molar-refractivity contribution >= 4 is 23.2 Å². The van der Waals surface area contributed by atoms with Gasteiger partial charge in [-0.05, 0) is 55.8 Å². The van der Waals surface area contributed by atoms with E-state index in [0.717, 1.165) is 11.3 Å². The molecular weight excluding hydrogens is 328 g/mol. The van der Waals surface area contributed by atoms with E-state index in [9.17, 15) is 9.90 Å². The number of carbonyl (C=O) groups is 1. The van der Waals surface area contributed by atoms with Crippen LogP contribution in [0.5, 0.6) is 5.75 Å². The predicted molar refractivity (Wildman–Crippen MR) is 91.9 cm³/mol. The van der Waals surface area contributed by atoms with Crippen molar-refractivity contribution in [3.8, 4) is 11.4 Å². The maximum absolute atomic E-state index is 12.3. The molecule has 0 atom stereocenters. The molecule has 0 spiro atoms. The summed E-state index contributed by atoms with van der Waals surface area (Å²) in [7, 11) is 0. The number of carbonyl (C=O) groups excluding carboxylic acids is 1. The van der Waals surface area contributed by atoms with Crippen LogP contribution in [0.15, 0.2) is 42.5 Å². The Hall–Kier alpha value is -2.86. The molecule has 1 amide bonds. The Balaban J connectivity index is 1.87. The van der Waals surface area contributed by atoms with Gasteiger partial charge in [0.05, 0.1) is 11.4 Å². The highest BCUT2D eigenvalue weighted by molar-refractivity contribution is 6.30. The number of nitrogens with zero attached hydrogens (tertiary/aromatic N) is 3. The highest BCUT2D eigenvalue weighted by atomic mass is 35.5. The van der Waals surface area contributed by atoms with Crippen LogP contribution < -0.4 is 5.32 Å². The van der Waals surface area contributed by atoms with Gasteiger partial charge in [0.25, 0.3) is 5.91 Å². The molecular formula is C17H15ClN4O2. The SMILES string of the molecule is Cc1ccc(O)c(NC(=O)c2nc(C)n(-c3ccc(Cl)cc3)n2)c1. The molecule has 7 heteroatoms. The summed E-state index contributed by atoms with van der Waals surface area (Å²) >= 11 is 5.88. The van der Waals surface area contributed by atoms with Gasteiger partial charge in [0, 0.05) is 5.02 Å². The number of nitrogens with one attached hydrogen (secondary N) is 1. The first-order valence-corrected chi connectivity index (χ1v) is 7.62. The highest BCUT2D eigenvalue weighted by Crippen LogP contribution is 2.24. The molecule has 0 fully saturated rings. The first-order chi connectivity index (χ1) is 11.4. The summed E-state index contributed by atoms with van der Waals surface area (Å²) in [5.41, 5.74) is 1.99. The fraction of sp³-hybridized carbons (Fsp3) is 0.118. The quantitative estimate of drug-likeness (QED) is 0.714. The van der Waals surface area contributed by atoms with Crippen molar-refractivity contribution in [2.24, 2.45) is 0 Å². The number of hydrogen-bond acceptors (Lipinski definition) is 4. The minimum absolute atomic E-state index is 0.0113. The normalized spacial score (nSPS) is 10.6. The Morgan fingerprint density at radius 2 is 1.88 bits per heavy atom. The van der Waals surface area contributed by atoms with Gasteiger partial charge < -0.3 is 10.4 Å². The van der Waals surface area contributed by atoms with E-state index in [1.807, 2.05) is 6.92 Å². The number of aromatic nitrogens is 3. The molecule has 6 nitrogen and oxygen atoms in total. The lowest BCUT2D eigenvalue weighted by atomic mass is 10.2. The Bertz CT molecular complexity index is 903. The summed E-state index contributed by atoms with van der Waals surface area (Å²) in [5.74, 6) is 0.0776. The van der Waals surface area contributed by atoms with Crippen LogP contribution in [0.3, 0.4) is 0 Å². The number of phenols is 1. The summed E-state index contributed by atoms with van der Waals surface area (Å²) < 4.78 is 1.56. The molecule has 0 aliphatic heterocycles. The van der Waals surface area contributed by atoms with Crippen LogP contribution in [0.25, 0.3) is 5.69 Å². The Labute approximate surface area is 143 Å². The predicted octanol–water partition coefficient (Wildman–Crippen LogP) is 3.50. The van der Waals surface area contributed by atoms with E-state index >= 15 is 0 Å². The number of hydrogen-bond donors (Lipinski definition) is 2. The Morgan fingerprint density at radius 1 is 1.17 bits per heavy atom. The summed E-state index contributed by atoms with van der Waals surface area (Å²) in [6, 6.07) is 12.0. The second kappa shape index (κ2) is 6.33. The molecule has 122 valence electrons. The maximum atomic E-state index is 12.3. The van der Waals surface area contributed by atoms with Gasteiger partial charge in [-0.15, -0.1) is 5.10 Å². The highest BCUT2D eigenvalue weighted by Gasteiger charge is 2.16. The van der Waals surface area contributed by atoms with Crippen LogP contribution in [0.4, 0.5) is 5.69 Å². The lowest BCUT2D eigenvalue weighted by Crippen LogP contribution is -2.14. The van der Waals surface area contributed by atoms with E-state index < -0.39 is 5.91 Å². The van der Waals surface area contributed by atoms with Gasteiger partial charge in [-0.3, -0.25) is 4.79 Å². The molecule has 2 aromatic carbocycles. The second-order valence-corrected chi connectivity index (χ2v) is 5.78. The number of aromatic hydroxyl groups is 1. The summed E-state index contributed by atoms with van der Waals surface area (Å²) in [6.45, 7) is 3.62. The number of halogens is 1. The molecule has 1 heterocycles. The van der Waals surface area contributed by atoms with Crippen LogP contribution in [0.1, 0.15) is 22.0 Å². The average molecular weight is 343 g/mol. The first-order valence-electron chi connectivity index (χ1n) is 7.24. The third-order valence-corrected chi connectivity index (χ3v) is 3.70. The number of rotatable bonds is 3. The molecule has 0 aliphatic rings. The maximum Gasteiger partial charge on any atom is 0.295 e. The monoisotopic (exact) mass is 342 g/mol. The topological polar surface area (TPSA) is 80.0 Å². The number of amides is 1. The average Bonchev–Trinajstić information content (AvgIpc) is 2.94. The van der Waals surface area contributed by atoms with Gasteiger partial charge in [-0.2, -0.15) is 0 Å². The van der Waals surface area contributed by atoms with Crippen LogP contribution in [0.2, 0.25) is 5.02 Å². The summed E-state index contributed by atoms with van der Waals surface area (Å²) in [6.07, 6.45) is 0. The molecule has 2 N–H and O–H groups in total. The zero-order chi connectivity index (χ0) is 17.3. The Morgan fingerprint density at radius 3 is 2.58 bits per heavy atom. The molecule has 0 radical (unpaired) electrons. The fourth-order valence-corrected chi connectivity index (χ4v) is 2.37. The van der Waals surface area contributed by atoms with Crippen molar-refractivity contribution in [3.63, 3.8) is 0 Å². The summed E-state index contributed by atoms with van der Waals surface area (Å²) in [5, 5.41) is 17.3. The van der Waals surface area contributed by atoms with Crippen molar-refractivity contribution in [2.75, 3.05) is 5.32 Å². The zero-order valence-electron chi connectivity index (χ0n) is 13.1. The largest absolute Gasteiger partial charge is 0.506 e. The van der Waals surface area contributed by atoms with Crippen molar-refractivity contribution < 1.29 is 9.90 Å². The second-order valence-electron chi connectivity index (χ2n) is 5.35. The fourth-order valence-electron chi connectivity index (χ4n) is 2.24. The van der Waals surface area contributed by atoms with Gasteiger partial charge in [0.1, 0.15) is 11.6 Å². The van der Waals surface area contributed by atoms with Crippen molar-refractivity contribution in [1.29, 1.82) is 0 Å². The van der Waals surface area contributed by atoms with Crippen LogP contribution in [-0.4, -0.2) is 25.8 Å². The van der Waals surface area contributed by atoms with Crippen molar-refractivity contribution in [1.82, 2.24) is 14.8 Å². The van der Waals surface area contributed by atoms with Crippen LogP contribution in [0, 0.1) is 13.8 Å². The molecule has 0 aliphatic carbocycles. The molecule has 1 aromatic heterocycles. The van der Waals surface area contributed by atoms with E-state index in [1.165, 1.54) is 6.07 Å². The third kappa shape index (κ3) is 3.23. The summed E-state index contributed by atoms with van der Waals surface area (Å²) in [4.78, 5) is 16.5. The Kier molecular flexibility index (Phi) is 4.22. The van der Waals surface area contributed by atoms with E-state index in [2.05, 4.69) is 15.4 Å². The lowest BCUT2D eigenvalue weighted by Gasteiger charge is -2.06.